The van der Waals surface area contributed by atoms with Crippen molar-refractivity contribution in [2.24, 2.45) is 0 Å². The SMILES string of the molecule is Cc1csc(CCNc2cc(N)nc(C(C)C)n2)n1. The average Bonchev–Trinajstić information content (AvgIpc) is 2.74. The highest BCUT2D eigenvalue weighted by Crippen LogP contribution is 2.15. The molecule has 0 aliphatic rings. The predicted molar refractivity (Wildman–Crippen MR) is 79.6 cm³/mol. The zero-order valence-electron chi connectivity index (χ0n) is 11.5. The first-order valence-corrected chi connectivity index (χ1v) is 7.22. The number of thiazole rings is 1. The molecule has 0 radical (unpaired) electrons. The van der Waals surface area contributed by atoms with E-state index < -0.39 is 0 Å². The molecule has 2 aromatic heterocycles. The Hall–Kier alpha value is -1.69. The van der Waals surface area contributed by atoms with Crippen molar-refractivity contribution in [2.45, 2.75) is 33.1 Å². The van der Waals surface area contributed by atoms with Gasteiger partial charge in [0.1, 0.15) is 17.5 Å². The van der Waals surface area contributed by atoms with Crippen molar-refractivity contribution in [1.82, 2.24) is 15.0 Å². The smallest absolute Gasteiger partial charge is 0.135 e. The number of nitrogens with one attached hydrogen (secondary N) is 1. The number of aryl methyl sites for hydroxylation is 1. The van der Waals surface area contributed by atoms with Gasteiger partial charge in [0.25, 0.3) is 0 Å². The standard InChI is InChI=1S/C13H19N5S/c1-8(2)13-17-10(14)6-11(18-13)15-5-4-12-16-9(3)7-19-12/h6-8H,4-5H2,1-3H3,(H3,14,15,17,18). The zero-order chi connectivity index (χ0) is 13.8. The Morgan fingerprint density at radius 2 is 2.11 bits per heavy atom. The van der Waals surface area contributed by atoms with Gasteiger partial charge in [-0.15, -0.1) is 11.3 Å². The molecule has 0 saturated carbocycles. The van der Waals surface area contributed by atoms with Crippen LogP contribution in [0.15, 0.2) is 11.4 Å². The lowest BCUT2D eigenvalue weighted by Gasteiger charge is -2.09. The molecule has 0 spiro atoms. The number of nitrogens with two attached hydrogens (primary N) is 1. The largest absolute Gasteiger partial charge is 0.384 e. The summed E-state index contributed by atoms with van der Waals surface area (Å²) in [6.07, 6.45) is 0.888. The van der Waals surface area contributed by atoms with Crippen LogP contribution in [0.25, 0.3) is 0 Å². The van der Waals surface area contributed by atoms with Crippen molar-refractivity contribution < 1.29 is 0 Å². The van der Waals surface area contributed by atoms with Crippen LogP contribution in [0.3, 0.4) is 0 Å². The Labute approximate surface area is 117 Å². The van der Waals surface area contributed by atoms with Gasteiger partial charge in [-0.1, -0.05) is 13.8 Å². The Kier molecular flexibility index (Phi) is 4.31. The van der Waals surface area contributed by atoms with E-state index in [1.807, 2.05) is 6.92 Å². The van der Waals surface area contributed by atoms with E-state index in [1.165, 1.54) is 0 Å². The number of anilines is 2. The zero-order valence-corrected chi connectivity index (χ0v) is 12.3. The summed E-state index contributed by atoms with van der Waals surface area (Å²) in [5.74, 6) is 2.33. The van der Waals surface area contributed by atoms with Crippen molar-refractivity contribution >= 4 is 23.0 Å². The van der Waals surface area contributed by atoms with Crippen LogP contribution in [0.4, 0.5) is 11.6 Å². The van der Waals surface area contributed by atoms with Crippen LogP contribution < -0.4 is 11.1 Å². The van der Waals surface area contributed by atoms with Gasteiger partial charge in [-0.05, 0) is 6.92 Å². The summed E-state index contributed by atoms with van der Waals surface area (Å²) in [7, 11) is 0. The Balaban J connectivity index is 1.95. The second-order valence-electron chi connectivity index (χ2n) is 4.75. The van der Waals surface area contributed by atoms with Crippen LogP contribution in [-0.2, 0) is 6.42 Å². The first-order valence-electron chi connectivity index (χ1n) is 6.34. The molecule has 102 valence electrons. The Morgan fingerprint density at radius 1 is 1.32 bits per heavy atom. The van der Waals surface area contributed by atoms with Gasteiger partial charge < -0.3 is 11.1 Å². The minimum atomic E-state index is 0.269. The molecule has 0 aliphatic carbocycles. The number of hydrogen-bond donors (Lipinski definition) is 2. The molecular weight excluding hydrogens is 258 g/mol. The van der Waals surface area contributed by atoms with Crippen LogP contribution >= 0.6 is 11.3 Å². The van der Waals surface area contributed by atoms with E-state index in [9.17, 15) is 0 Å². The number of rotatable bonds is 5. The molecule has 0 unspecified atom stereocenters. The number of aromatic nitrogens is 3. The number of hydrogen-bond acceptors (Lipinski definition) is 6. The molecule has 0 aliphatic heterocycles. The summed E-state index contributed by atoms with van der Waals surface area (Å²) < 4.78 is 0. The van der Waals surface area contributed by atoms with Gasteiger partial charge >= 0.3 is 0 Å². The number of nitrogen functional groups attached to an aromatic ring is 1. The third-order valence-electron chi connectivity index (χ3n) is 2.59. The predicted octanol–water partition coefficient (Wildman–Crippen LogP) is 2.60. The van der Waals surface area contributed by atoms with Crippen molar-refractivity contribution in [3.05, 3.63) is 28.0 Å². The second-order valence-corrected chi connectivity index (χ2v) is 5.69. The normalized spacial score (nSPS) is 10.9. The maximum atomic E-state index is 5.78. The maximum Gasteiger partial charge on any atom is 0.135 e. The van der Waals surface area contributed by atoms with E-state index in [-0.39, 0.29) is 5.92 Å². The molecule has 0 atom stereocenters. The molecule has 0 amide bonds. The monoisotopic (exact) mass is 277 g/mol. The summed E-state index contributed by atoms with van der Waals surface area (Å²) in [5, 5.41) is 6.47. The summed E-state index contributed by atoms with van der Waals surface area (Å²) in [5.41, 5.74) is 6.86. The van der Waals surface area contributed by atoms with E-state index >= 15 is 0 Å². The first-order chi connectivity index (χ1) is 9.04. The maximum absolute atomic E-state index is 5.78. The highest BCUT2D eigenvalue weighted by atomic mass is 32.1. The molecule has 0 bridgehead atoms. The highest BCUT2D eigenvalue weighted by Gasteiger charge is 2.06. The highest BCUT2D eigenvalue weighted by molar-refractivity contribution is 7.09. The number of nitrogens with zero attached hydrogens (tertiary/aromatic N) is 3. The lowest BCUT2D eigenvalue weighted by Crippen LogP contribution is -2.10. The van der Waals surface area contributed by atoms with E-state index in [2.05, 4.69) is 39.5 Å². The summed E-state index contributed by atoms with van der Waals surface area (Å²) in [6, 6.07) is 1.76. The molecule has 6 heteroatoms. The average molecular weight is 277 g/mol. The fourth-order valence-electron chi connectivity index (χ4n) is 1.65. The van der Waals surface area contributed by atoms with Crippen molar-refractivity contribution in [3.8, 4) is 0 Å². The van der Waals surface area contributed by atoms with E-state index in [0.29, 0.717) is 5.82 Å². The Morgan fingerprint density at radius 3 is 2.74 bits per heavy atom. The molecule has 0 aromatic carbocycles. The van der Waals surface area contributed by atoms with Crippen molar-refractivity contribution in [1.29, 1.82) is 0 Å². The van der Waals surface area contributed by atoms with E-state index in [4.69, 9.17) is 5.73 Å². The van der Waals surface area contributed by atoms with E-state index in [0.717, 1.165) is 35.3 Å². The van der Waals surface area contributed by atoms with Crippen LogP contribution in [0, 0.1) is 6.92 Å². The van der Waals surface area contributed by atoms with Crippen LogP contribution in [0.2, 0.25) is 0 Å². The van der Waals surface area contributed by atoms with Crippen LogP contribution in [0.5, 0.6) is 0 Å². The fraction of sp³-hybridized carbons (Fsp3) is 0.462. The van der Waals surface area contributed by atoms with Gasteiger partial charge in [-0.3, -0.25) is 0 Å². The lowest BCUT2D eigenvalue weighted by atomic mass is 10.2. The summed E-state index contributed by atoms with van der Waals surface area (Å²) in [4.78, 5) is 13.1. The van der Waals surface area contributed by atoms with Crippen LogP contribution in [-0.4, -0.2) is 21.5 Å². The fourth-order valence-corrected chi connectivity index (χ4v) is 2.43. The quantitative estimate of drug-likeness (QED) is 0.878. The molecule has 3 N–H and O–H groups in total. The summed E-state index contributed by atoms with van der Waals surface area (Å²) >= 11 is 1.69. The third kappa shape index (κ3) is 3.89. The minimum Gasteiger partial charge on any atom is -0.384 e. The van der Waals surface area contributed by atoms with Gasteiger partial charge in [0.05, 0.1) is 5.01 Å². The van der Waals surface area contributed by atoms with Gasteiger partial charge in [-0.25, -0.2) is 15.0 Å². The van der Waals surface area contributed by atoms with Gasteiger partial charge in [-0.2, -0.15) is 0 Å². The van der Waals surface area contributed by atoms with E-state index in [1.54, 1.807) is 17.4 Å². The van der Waals surface area contributed by atoms with Crippen molar-refractivity contribution in [3.63, 3.8) is 0 Å². The van der Waals surface area contributed by atoms with Crippen molar-refractivity contribution in [2.75, 3.05) is 17.6 Å². The molecule has 2 heterocycles. The molecule has 2 rings (SSSR count). The first kappa shape index (κ1) is 13.7. The van der Waals surface area contributed by atoms with Gasteiger partial charge in [0, 0.05) is 36.0 Å². The molecule has 0 fully saturated rings. The van der Waals surface area contributed by atoms with Crippen LogP contribution in [0.1, 0.15) is 36.3 Å². The van der Waals surface area contributed by atoms with Gasteiger partial charge in [0.15, 0.2) is 0 Å². The molecule has 0 saturated heterocycles. The topological polar surface area (TPSA) is 76.7 Å². The lowest BCUT2D eigenvalue weighted by molar-refractivity contribution is 0.776. The third-order valence-corrected chi connectivity index (χ3v) is 3.62. The Bertz CT molecular complexity index is 550. The molecule has 5 nitrogen and oxygen atoms in total. The minimum absolute atomic E-state index is 0.269. The molecular formula is C13H19N5S. The summed E-state index contributed by atoms with van der Waals surface area (Å²) in [6.45, 7) is 6.90. The second kappa shape index (κ2) is 5.97. The van der Waals surface area contributed by atoms with Gasteiger partial charge in [0.2, 0.25) is 0 Å². The molecule has 2 aromatic rings. The molecule has 19 heavy (non-hydrogen) atoms.